The van der Waals surface area contributed by atoms with Crippen LogP contribution in [0.4, 0.5) is 9.18 Å². The highest BCUT2D eigenvalue weighted by molar-refractivity contribution is 5.86. The second-order valence-corrected chi connectivity index (χ2v) is 6.83. The molecule has 2 amide bonds. The van der Waals surface area contributed by atoms with E-state index < -0.39 is 23.9 Å². The van der Waals surface area contributed by atoms with Gasteiger partial charge in [0.25, 0.3) is 0 Å². The van der Waals surface area contributed by atoms with Crippen LogP contribution in [0.1, 0.15) is 46.5 Å². The molecule has 120 valence electrons. The van der Waals surface area contributed by atoms with Crippen LogP contribution in [0.25, 0.3) is 0 Å². The second-order valence-electron chi connectivity index (χ2n) is 6.83. The van der Waals surface area contributed by atoms with Gasteiger partial charge in [-0.3, -0.25) is 9.69 Å². The van der Waals surface area contributed by atoms with E-state index in [0.717, 1.165) is 6.42 Å². The summed E-state index contributed by atoms with van der Waals surface area (Å²) in [6.07, 6.45) is 1.01. The van der Waals surface area contributed by atoms with Crippen LogP contribution >= 0.6 is 0 Å². The van der Waals surface area contributed by atoms with Gasteiger partial charge in [-0.15, -0.1) is 0 Å². The number of halogens is 1. The van der Waals surface area contributed by atoms with Crippen LogP contribution < -0.4 is 0 Å². The second kappa shape index (κ2) is 6.20. The van der Waals surface area contributed by atoms with E-state index in [9.17, 15) is 14.0 Å². The molecule has 2 fully saturated rings. The van der Waals surface area contributed by atoms with Crippen molar-refractivity contribution in [2.24, 2.45) is 0 Å². The van der Waals surface area contributed by atoms with Crippen molar-refractivity contribution in [3.05, 3.63) is 0 Å². The van der Waals surface area contributed by atoms with E-state index >= 15 is 0 Å². The first-order chi connectivity index (χ1) is 9.78. The Morgan fingerprint density at radius 3 is 2.29 bits per heavy atom. The summed E-state index contributed by atoms with van der Waals surface area (Å²) in [4.78, 5) is 27.9. The Bertz CT molecular complexity index is 400. The zero-order valence-corrected chi connectivity index (χ0v) is 13.1. The number of carbonyl (C=O) groups is 2. The molecule has 0 aromatic rings. The van der Waals surface area contributed by atoms with Crippen LogP contribution in [0.5, 0.6) is 0 Å². The number of hydrogen-bond donors (Lipinski definition) is 0. The summed E-state index contributed by atoms with van der Waals surface area (Å²) in [5.41, 5.74) is -0.570. The van der Waals surface area contributed by atoms with Gasteiger partial charge in [0.1, 0.15) is 17.8 Å². The van der Waals surface area contributed by atoms with E-state index in [1.54, 1.807) is 4.90 Å². The van der Waals surface area contributed by atoms with Gasteiger partial charge in [-0.25, -0.2) is 9.18 Å². The van der Waals surface area contributed by atoms with Crippen LogP contribution in [0.3, 0.4) is 0 Å². The van der Waals surface area contributed by atoms with Crippen LogP contribution in [-0.2, 0) is 9.53 Å². The number of hydrogen-bond acceptors (Lipinski definition) is 3. The minimum atomic E-state index is -0.806. The fraction of sp³-hybridized carbons (Fsp3) is 0.867. The molecule has 2 rings (SSSR count). The molecule has 0 radical (unpaired) electrons. The molecule has 0 aliphatic carbocycles. The van der Waals surface area contributed by atoms with E-state index in [0.29, 0.717) is 38.9 Å². The average molecular weight is 300 g/mol. The number of amides is 2. The molecule has 0 aromatic heterocycles. The van der Waals surface area contributed by atoms with Gasteiger partial charge in [-0.05, 0) is 46.5 Å². The van der Waals surface area contributed by atoms with Gasteiger partial charge in [0, 0.05) is 19.6 Å². The summed E-state index contributed by atoms with van der Waals surface area (Å²) in [6, 6.07) is -0.448. The summed E-state index contributed by atoms with van der Waals surface area (Å²) in [6.45, 7) is 6.86. The molecule has 2 aliphatic heterocycles. The van der Waals surface area contributed by atoms with E-state index in [1.807, 2.05) is 20.8 Å². The largest absolute Gasteiger partial charge is 0.444 e. The number of piperidine rings is 1. The highest BCUT2D eigenvalue weighted by Crippen LogP contribution is 2.24. The van der Waals surface area contributed by atoms with Crippen molar-refractivity contribution < 1.29 is 18.7 Å². The van der Waals surface area contributed by atoms with Crippen LogP contribution in [0.2, 0.25) is 0 Å². The molecule has 2 aliphatic rings. The SMILES string of the molecule is CC(C)(C)OC(=O)N1CCCC1C(=O)N1CCC(F)CC1. The Hall–Kier alpha value is -1.33. The zero-order chi connectivity index (χ0) is 15.6. The standard InChI is InChI=1S/C15H25FN2O3/c1-15(2,3)21-14(20)18-8-4-5-12(18)13(19)17-9-6-11(16)7-10-17/h11-12H,4-10H2,1-3H3. The van der Waals surface area contributed by atoms with Crippen molar-refractivity contribution >= 4 is 12.0 Å². The van der Waals surface area contributed by atoms with Crippen molar-refractivity contribution in [1.29, 1.82) is 0 Å². The van der Waals surface area contributed by atoms with Gasteiger partial charge < -0.3 is 9.64 Å². The minimum Gasteiger partial charge on any atom is -0.444 e. The smallest absolute Gasteiger partial charge is 0.410 e. The van der Waals surface area contributed by atoms with Gasteiger partial charge in [0.15, 0.2) is 0 Å². The molecule has 1 atom stereocenters. The van der Waals surface area contributed by atoms with Gasteiger partial charge in [0.05, 0.1) is 0 Å². The third-order valence-electron chi connectivity index (χ3n) is 3.90. The zero-order valence-electron chi connectivity index (χ0n) is 13.1. The third-order valence-corrected chi connectivity index (χ3v) is 3.90. The Labute approximate surface area is 125 Å². The number of alkyl halides is 1. The molecule has 0 N–H and O–H groups in total. The molecule has 2 heterocycles. The minimum absolute atomic E-state index is 0.0646. The van der Waals surface area contributed by atoms with Crippen molar-refractivity contribution in [2.75, 3.05) is 19.6 Å². The van der Waals surface area contributed by atoms with E-state index in [2.05, 4.69) is 0 Å². The summed E-state index contributed by atoms with van der Waals surface area (Å²) in [5, 5.41) is 0. The number of likely N-dealkylation sites (tertiary alicyclic amines) is 2. The van der Waals surface area contributed by atoms with E-state index in [4.69, 9.17) is 4.74 Å². The first-order valence-corrected chi connectivity index (χ1v) is 7.70. The molecule has 6 heteroatoms. The van der Waals surface area contributed by atoms with Crippen LogP contribution in [0, 0.1) is 0 Å². The molecule has 5 nitrogen and oxygen atoms in total. The lowest BCUT2D eigenvalue weighted by atomic mass is 10.1. The molecule has 2 saturated heterocycles. The summed E-state index contributed by atoms with van der Waals surface area (Å²) < 4.78 is 18.5. The predicted molar refractivity (Wildman–Crippen MR) is 76.7 cm³/mol. The highest BCUT2D eigenvalue weighted by atomic mass is 19.1. The van der Waals surface area contributed by atoms with Gasteiger partial charge >= 0.3 is 6.09 Å². The monoisotopic (exact) mass is 300 g/mol. The predicted octanol–water partition coefficient (Wildman–Crippen LogP) is 2.35. The van der Waals surface area contributed by atoms with Crippen molar-refractivity contribution in [3.8, 4) is 0 Å². The molecular formula is C15H25FN2O3. The Morgan fingerprint density at radius 1 is 1.10 bits per heavy atom. The molecule has 0 spiro atoms. The highest BCUT2D eigenvalue weighted by Gasteiger charge is 2.39. The summed E-state index contributed by atoms with van der Waals surface area (Å²) in [7, 11) is 0. The Morgan fingerprint density at radius 2 is 1.71 bits per heavy atom. The third kappa shape index (κ3) is 4.08. The Balaban J connectivity index is 1.98. The normalized spacial score (nSPS) is 24.3. The number of ether oxygens (including phenoxy) is 1. The molecule has 1 unspecified atom stereocenters. The fourth-order valence-corrected chi connectivity index (χ4v) is 2.84. The number of nitrogens with zero attached hydrogens (tertiary/aromatic N) is 2. The van der Waals surface area contributed by atoms with Gasteiger partial charge in [-0.1, -0.05) is 0 Å². The molecule has 0 bridgehead atoms. The first-order valence-electron chi connectivity index (χ1n) is 7.70. The van der Waals surface area contributed by atoms with Gasteiger partial charge in [0.2, 0.25) is 5.91 Å². The number of rotatable bonds is 1. The molecule has 21 heavy (non-hydrogen) atoms. The molecule has 0 saturated carbocycles. The number of carbonyl (C=O) groups excluding carboxylic acids is 2. The van der Waals surface area contributed by atoms with Crippen molar-refractivity contribution in [1.82, 2.24) is 9.80 Å². The van der Waals surface area contributed by atoms with Crippen LogP contribution in [0.15, 0.2) is 0 Å². The molecular weight excluding hydrogens is 275 g/mol. The van der Waals surface area contributed by atoms with Crippen LogP contribution in [-0.4, -0.2) is 59.2 Å². The average Bonchev–Trinajstić information content (AvgIpc) is 2.86. The summed E-state index contributed by atoms with van der Waals surface area (Å²) >= 11 is 0. The topological polar surface area (TPSA) is 49.9 Å². The fourth-order valence-electron chi connectivity index (χ4n) is 2.84. The first kappa shape index (κ1) is 16.0. The lowest BCUT2D eigenvalue weighted by molar-refractivity contribution is -0.137. The Kier molecular flexibility index (Phi) is 4.74. The summed E-state index contributed by atoms with van der Waals surface area (Å²) in [5.74, 6) is -0.0646. The van der Waals surface area contributed by atoms with E-state index in [-0.39, 0.29) is 5.91 Å². The van der Waals surface area contributed by atoms with Crippen molar-refractivity contribution in [3.63, 3.8) is 0 Å². The molecule has 0 aromatic carbocycles. The maximum atomic E-state index is 13.2. The van der Waals surface area contributed by atoms with Gasteiger partial charge in [-0.2, -0.15) is 0 Å². The maximum absolute atomic E-state index is 13.2. The maximum Gasteiger partial charge on any atom is 0.410 e. The van der Waals surface area contributed by atoms with E-state index in [1.165, 1.54) is 4.90 Å². The quantitative estimate of drug-likeness (QED) is 0.747. The van der Waals surface area contributed by atoms with Crippen molar-refractivity contribution in [2.45, 2.75) is 64.3 Å². The lowest BCUT2D eigenvalue weighted by Gasteiger charge is -2.34. The lowest BCUT2D eigenvalue weighted by Crippen LogP contribution is -2.51.